The van der Waals surface area contributed by atoms with E-state index in [0.29, 0.717) is 0 Å². The molecular formula is C5H3NOS. The van der Waals surface area contributed by atoms with E-state index in [1.165, 1.54) is 11.5 Å². The van der Waals surface area contributed by atoms with Crippen LogP contribution < -0.4 is 0 Å². The van der Waals surface area contributed by atoms with Crippen molar-refractivity contribution in [2.75, 3.05) is 0 Å². The van der Waals surface area contributed by atoms with Crippen molar-refractivity contribution >= 4 is 22.6 Å². The molecule has 8 heavy (non-hydrogen) atoms. The van der Waals surface area contributed by atoms with Crippen molar-refractivity contribution in [3.63, 3.8) is 0 Å². The molecule has 0 saturated carbocycles. The van der Waals surface area contributed by atoms with Crippen molar-refractivity contribution in [1.29, 1.82) is 0 Å². The number of hydrogen-bond acceptors (Lipinski definition) is 3. The summed E-state index contributed by atoms with van der Waals surface area (Å²) in [6.07, 6.45) is 1.64. The molecule has 0 bridgehead atoms. The quantitative estimate of drug-likeness (QED) is 0.537. The van der Waals surface area contributed by atoms with Crippen molar-refractivity contribution in [1.82, 2.24) is 4.37 Å². The van der Waals surface area contributed by atoms with E-state index in [-0.39, 0.29) is 0 Å². The Morgan fingerprint density at radius 3 is 3.50 bits per heavy atom. The minimum Gasteiger partial charge on any atom is -0.445 e. The van der Waals surface area contributed by atoms with Crippen LogP contribution >= 0.6 is 11.5 Å². The molecule has 40 valence electrons. The first-order valence-corrected chi connectivity index (χ1v) is 3.08. The fourth-order valence-electron chi connectivity index (χ4n) is 0.606. The van der Waals surface area contributed by atoms with Gasteiger partial charge in [0.15, 0.2) is 0 Å². The molecule has 0 aromatic carbocycles. The fourth-order valence-corrected chi connectivity index (χ4v) is 1.20. The summed E-state index contributed by atoms with van der Waals surface area (Å²) in [5.74, 6) is 0. The Hall–Kier alpha value is -0.830. The molecule has 0 saturated heterocycles. The van der Waals surface area contributed by atoms with Crippen LogP contribution in [0.1, 0.15) is 0 Å². The Balaban J connectivity index is 3.06. The van der Waals surface area contributed by atoms with Gasteiger partial charge in [0.05, 0.1) is 11.6 Å². The Bertz CT molecular complexity index is 234. The van der Waals surface area contributed by atoms with Crippen molar-refractivity contribution in [2.24, 2.45) is 0 Å². The molecule has 0 amide bonds. The average Bonchev–Trinajstić information content (AvgIpc) is 2.15. The largest absolute Gasteiger partial charge is 0.445 e. The topological polar surface area (TPSA) is 26.0 Å². The monoisotopic (exact) mass is 125 g/mol. The van der Waals surface area contributed by atoms with Gasteiger partial charge in [-0.05, 0) is 17.6 Å². The van der Waals surface area contributed by atoms with E-state index < -0.39 is 0 Å². The molecule has 2 rings (SSSR count). The van der Waals surface area contributed by atoms with Crippen molar-refractivity contribution in [3.8, 4) is 0 Å². The fraction of sp³-hybridized carbons (Fsp3) is 0. The molecule has 0 atom stereocenters. The van der Waals surface area contributed by atoms with Gasteiger partial charge in [0.2, 0.25) is 5.71 Å². The Labute approximate surface area is 49.9 Å². The van der Waals surface area contributed by atoms with E-state index in [1.54, 1.807) is 6.26 Å². The molecule has 2 aromatic heterocycles. The van der Waals surface area contributed by atoms with Gasteiger partial charge in [-0.2, -0.15) is 4.37 Å². The van der Waals surface area contributed by atoms with Gasteiger partial charge in [-0.1, -0.05) is 0 Å². The van der Waals surface area contributed by atoms with E-state index in [0.717, 1.165) is 11.1 Å². The molecule has 2 heterocycles. The first-order valence-electron chi connectivity index (χ1n) is 2.24. The highest BCUT2D eigenvalue weighted by molar-refractivity contribution is 7.04. The van der Waals surface area contributed by atoms with Crippen LogP contribution in [-0.2, 0) is 0 Å². The summed E-state index contributed by atoms with van der Waals surface area (Å²) in [6.45, 7) is 0. The van der Waals surface area contributed by atoms with Crippen LogP contribution in [0, 0.1) is 0 Å². The molecule has 0 spiro atoms. The molecule has 0 N–H and O–H groups in total. The Morgan fingerprint density at radius 1 is 1.62 bits per heavy atom. The van der Waals surface area contributed by atoms with Gasteiger partial charge in [0, 0.05) is 5.38 Å². The molecule has 0 aliphatic rings. The predicted octanol–water partition coefficient (Wildman–Crippen LogP) is 1.89. The number of nitrogens with zero attached hydrogens (tertiary/aromatic N) is 1. The normalized spacial score (nSPS) is 10.5. The summed E-state index contributed by atoms with van der Waals surface area (Å²) in [5.41, 5.74) is 0.745. The van der Waals surface area contributed by atoms with E-state index in [1.807, 2.05) is 11.4 Å². The summed E-state index contributed by atoms with van der Waals surface area (Å²) in [6, 6.07) is 1.90. The third-order valence-electron chi connectivity index (χ3n) is 0.990. The lowest BCUT2D eigenvalue weighted by Gasteiger charge is -1.63. The van der Waals surface area contributed by atoms with Crippen molar-refractivity contribution in [2.45, 2.75) is 0 Å². The number of aromatic nitrogens is 1. The smallest absolute Gasteiger partial charge is 0.237 e. The van der Waals surface area contributed by atoms with Gasteiger partial charge in [0.25, 0.3) is 0 Å². The maximum absolute atomic E-state index is 4.96. The molecule has 0 fully saturated rings. The molecule has 0 unspecified atom stereocenters. The second kappa shape index (κ2) is 1.32. The summed E-state index contributed by atoms with van der Waals surface area (Å²) >= 11 is 1.42. The maximum atomic E-state index is 4.96. The second-order valence-electron chi connectivity index (χ2n) is 1.50. The molecule has 0 radical (unpaired) electrons. The van der Waals surface area contributed by atoms with E-state index in [4.69, 9.17) is 4.42 Å². The zero-order chi connectivity index (χ0) is 5.40. The summed E-state index contributed by atoms with van der Waals surface area (Å²) in [5, 5.41) is 3.05. The molecule has 2 aromatic rings. The highest BCUT2D eigenvalue weighted by atomic mass is 32.1. The average molecular weight is 125 g/mol. The van der Waals surface area contributed by atoms with Crippen LogP contribution in [-0.4, -0.2) is 4.37 Å². The number of fused-ring (bicyclic) bond motifs is 1. The minimum atomic E-state index is 0.745. The number of hydrogen-bond donors (Lipinski definition) is 0. The van der Waals surface area contributed by atoms with Gasteiger partial charge in [-0.15, -0.1) is 0 Å². The Kier molecular flexibility index (Phi) is 0.676. The zero-order valence-electron chi connectivity index (χ0n) is 4.00. The minimum absolute atomic E-state index is 0.745. The van der Waals surface area contributed by atoms with E-state index >= 15 is 0 Å². The molecule has 0 aliphatic heterocycles. The molecule has 0 aliphatic carbocycles. The van der Waals surface area contributed by atoms with Gasteiger partial charge in [0.1, 0.15) is 0 Å². The summed E-state index contributed by atoms with van der Waals surface area (Å²) < 4.78 is 8.91. The van der Waals surface area contributed by atoms with Crippen LogP contribution in [0.25, 0.3) is 11.1 Å². The second-order valence-corrected chi connectivity index (χ2v) is 2.12. The zero-order valence-corrected chi connectivity index (χ0v) is 4.81. The number of rotatable bonds is 0. The summed E-state index contributed by atoms with van der Waals surface area (Å²) in [4.78, 5) is 0. The third kappa shape index (κ3) is 0.391. The van der Waals surface area contributed by atoms with Crippen molar-refractivity contribution in [3.05, 3.63) is 17.7 Å². The lowest BCUT2D eigenvalue weighted by atomic mass is 10.5. The van der Waals surface area contributed by atoms with Crippen LogP contribution in [0.15, 0.2) is 22.1 Å². The van der Waals surface area contributed by atoms with Gasteiger partial charge >= 0.3 is 0 Å². The first-order chi connectivity index (χ1) is 3.97. The van der Waals surface area contributed by atoms with E-state index in [2.05, 4.69) is 4.37 Å². The highest BCUT2D eigenvalue weighted by Crippen LogP contribution is 2.14. The number of furan rings is 1. The predicted molar refractivity (Wildman–Crippen MR) is 31.9 cm³/mol. The standard InChI is InChI=1S/C5H3NOS/c1-2-7-5-4(1)3-8-6-5/h1-3H. The first kappa shape index (κ1) is 4.09. The van der Waals surface area contributed by atoms with Crippen LogP contribution in [0.4, 0.5) is 0 Å². The van der Waals surface area contributed by atoms with Crippen LogP contribution in [0.5, 0.6) is 0 Å². The van der Waals surface area contributed by atoms with Crippen LogP contribution in [0.3, 0.4) is 0 Å². The van der Waals surface area contributed by atoms with Gasteiger partial charge in [-0.3, -0.25) is 0 Å². The molecule has 2 nitrogen and oxygen atoms in total. The van der Waals surface area contributed by atoms with E-state index in [9.17, 15) is 0 Å². The molecule has 3 heteroatoms. The van der Waals surface area contributed by atoms with Crippen molar-refractivity contribution < 1.29 is 4.42 Å². The van der Waals surface area contributed by atoms with Crippen LogP contribution in [0.2, 0.25) is 0 Å². The molecular weight excluding hydrogens is 122 g/mol. The lowest BCUT2D eigenvalue weighted by Crippen LogP contribution is -1.47. The van der Waals surface area contributed by atoms with Gasteiger partial charge < -0.3 is 4.42 Å². The SMILES string of the molecule is c1cc2csnc2o1. The summed E-state index contributed by atoms with van der Waals surface area (Å²) in [7, 11) is 0. The lowest BCUT2D eigenvalue weighted by molar-refractivity contribution is 0.607. The maximum Gasteiger partial charge on any atom is 0.237 e. The third-order valence-corrected chi connectivity index (χ3v) is 1.62. The van der Waals surface area contributed by atoms with Gasteiger partial charge in [-0.25, -0.2) is 0 Å². The Morgan fingerprint density at radius 2 is 2.62 bits per heavy atom. The highest BCUT2D eigenvalue weighted by Gasteiger charge is 1.94.